The molecule has 1 aromatic rings. The standard InChI is InChI=1S/C15H27BrN4/c1-5-15(2,20-9-7-6-8-10-20)14(17-3)13-12(16)11-18-19(13)4/h11,14,17H,5-10H2,1-4H3. The number of aromatic nitrogens is 2. The summed E-state index contributed by atoms with van der Waals surface area (Å²) in [4.78, 5) is 2.66. The Morgan fingerprint density at radius 3 is 2.50 bits per heavy atom. The fraction of sp³-hybridized carbons (Fsp3) is 0.800. The molecule has 0 saturated carbocycles. The van der Waals surface area contributed by atoms with E-state index < -0.39 is 0 Å². The van der Waals surface area contributed by atoms with Gasteiger partial charge in [0.15, 0.2) is 0 Å². The molecule has 2 unspecified atom stereocenters. The minimum Gasteiger partial charge on any atom is -0.310 e. The molecule has 0 aromatic carbocycles. The Labute approximate surface area is 131 Å². The number of piperidine rings is 1. The highest BCUT2D eigenvalue weighted by Gasteiger charge is 2.40. The average Bonchev–Trinajstić information content (AvgIpc) is 2.81. The van der Waals surface area contributed by atoms with Crippen LogP contribution in [0.5, 0.6) is 0 Å². The lowest BCUT2D eigenvalue weighted by molar-refractivity contribution is 0.0422. The first kappa shape index (κ1) is 16.0. The van der Waals surface area contributed by atoms with Crippen LogP contribution in [-0.2, 0) is 7.05 Å². The van der Waals surface area contributed by atoms with Crippen molar-refractivity contribution in [2.45, 2.75) is 51.1 Å². The second kappa shape index (κ2) is 6.58. The van der Waals surface area contributed by atoms with Gasteiger partial charge < -0.3 is 5.32 Å². The highest BCUT2D eigenvalue weighted by Crippen LogP contribution is 2.38. The van der Waals surface area contributed by atoms with Crippen LogP contribution < -0.4 is 5.32 Å². The molecule has 1 saturated heterocycles. The zero-order valence-electron chi connectivity index (χ0n) is 13.1. The first-order valence-corrected chi connectivity index (χ1v) is 8.43. The number of rotatable bonds is 5. The van der Waals surface area contributed by atoms with Crippen molar-refractivity contribution < 1.29 is 0 Å². The molecule has 0 radical (unpaired) electrons. The number of likely N-dealkylation sites (tertiary alicyclic amines) is 1. The van der Waals surface area contributed by atoms with Crippen LogP contribution in [-0.4, -0.2) is 40.4 Å². The van der Waals surface area contributed by atoms with E-state index in [1.54, 1.807) is 0 Å². The Hall–Kier alpha value is -0.390. The SMILES string of the molecule is CCC(C)(C(NC)c1c(Br)cnn1C)N1CCCCC1. The summed E-state index contributed by atoms with van der Waals surface area (Å²) in [5.74, 6) is 0. The molecular weight excluding hydrogens is 316 g/mol. The molecular formula is C15H27BrN4. The molecule has 0 amide bonds. The molecule has 1 aromatic heterocycles. The largest absolute Gasteiger partial charge is 0.310 e. The summed E-state index contributed by atoms with van der Waals surface area (Å²) < 4.78 is 3.08. The molecule has 1 aliphatic rings. The number of likely N-dealkylation sites (N-methyl/N-ethyl adjacent to an activating group) is 1. The van der Waals surface area contributed by atoms with Gasteiger partial charge in [-0.25, -0.2) is 0 Å². The summed E-state index contributed by atoms with van der Waals surface area (Å²) in [5, 5.41) is 7.93. The lowest BCUT2D eigenvalue weighted by Crippen LogP contribution is -2.55. The van der Waals surface area contributed by atoms with E-state index in [1.807, 2.05) is 17.9 Å². The van der Waals surface area contributed by atoms with Crippen molar-refractivity contribution in [1.29, 1.82) is 0 Å². The Kier molecular flexibility index (Phi) is 5.26. The minimum atomic E-state index is 0.117. The molecule has 0 aliphatic carbocycles. The van der Waals surface area contributed by atoms with Gasteiger partial charge in [-0.3, -0.25) is 9.58 Å². The third-order valence-corrected chi connectivity index (χ3v) is 5.53. The fourth-order valence-electron chi connectivity index (χ4n) is 3.50. The minimum absolute atomic E-state index is 0.117. The smallest absolute Gasteiger partial charge is 0.0711 e. The van der Waals surface area contributed by atoms with Gasteiger partial charge in [-0.05, 0) is 62.3 Å². The van der Waals surface area contributed by atoms with Gasteiger partial charge in [0.25, 0.3) is 0 Å². The van der Waals surface area contributed by atoms with Gasteiger partial charge in [0.05, 0.1) is 22.4 Å². The molecule has 1 N–H and O–H groups in total. The van der Waals surface area contributed by atoms with Gasteiger partial charge >= 0.3 is 0 Å². The number of halogens is 1. The average molecular weight is 343 g/mol. The van der Waals surface area contributed by atoms with E-state index in [9.17, 15) is 0 Å². The lowest BCUT2D eigenvalue weighted by Gasteiger charge is -2.48. The van der Waals surface area contributed by atoms with Crippen molar-refractivity contribution in [3.8, 4) is 0 Å². The fourth-order valence-corrected chi connectivity index (χ4v) is 4.08. The number of aryl methyl sites for hydroxylation is 1. The van der Waals surface area contributed by atoms with Gasteiger partial charge in [-0.1, -0.05) is 13.3 Å². The van der Waals surface area contributed by atoms with Crippen LogP contribution in [0.15, 0.2) is 10.7 Å². The van der Waals surface area contributed by atoms with Crippen molar-refractivity contribution in [1.82, 2.24) is 20.0 Å². The summed E-state index contributed by atoms with van der Waals surface area (Å²) in [6, 6.07) is 0.271. The van der Waals surface area contributed by atoms with Crippen molar-refractivity contribution in [2.24, 2.45) is 7.05 Å². The van der Waals surface area contributed by atoms with Crippen LogP contribution in [0.2, 0.25) is 0 Å². The van der Waals surface area contributed by atoms with E-state index in [4.69, 9.17) is 0 Å². The van der Waals surface area contributed by atoms with E-state index in [0.717, 1.165) is 10.9 Å². The predicted molar refractivity (Wildman–Crippen MR) is 86.8 cm³/mol. The van der Waals surface area contributed by atoms with Gasteiger partial charge in [0.2, 0.25) is 0 Å². The molecule has 4 nitrogen and oxygen atoms in total. The van der Waals surface area contributed by atoms with E-state index >= 15 is 0 Å². The summed E-state index contributed by atoms with van der Waals surface area (Å²) in [6.07, 6.45) is 7.02. The third-order valence-electron chi connectivity index (χ3n) is 4.92. The van der Waals surface area contributed by atoms with Crippen molar-refractivity contribution in [3.63, 3.8) is 0 Å². The Balaban J connectivity index is 2.36. The van der Waals surface area contributed by atoms with Gasteiger partial charge in [0.1, 0.15) is 0 Å². The maximum absolute atomic E-state index is 4.39. The molecule has 2 rings (SSSR count). The van der Waals surface area contributed by atoms with E-state index in [2.05, 4.69) is 52.1 Å². The summed E-state index contributed by atoms with van der Waals surface area (Å²) >= 11 is 3.66. The topological polar surface area (TPSA) is 33.1 Å². The monoisotopic (exact) mass is 342 g/mol. The highest BCUT2D eigenvalue weighted by atomic mass is 79.9. The zero-order valence-corrected chi connectivity index (χ0v) is 14.7. The first-order chi connectivity index (χ1) is 9.54. The van der Waals surface area contributed by atoms with Crippen LogP contribution in [0, 0.1) is 0 Å². The molecule has 1 fully saturated rings. The summed E-state index contributed by atoms with van der Waals surface area (Å²) in [7, 11) is 4.08. The number of nitrogens with zero attached hydrogens (tertiary/aromatic N) is 3. The Morgan fingerprint density at radius 1 is 1.40 bits per heavy atom. The van der Waals surface area contributed by atoms with Crippen LogP contribution >= 0.6 is 15.9 Å². The van der Waals surface area contributed by atoms with Gasteiger partial charge in [0, 0.05) is 12.6 Å². The molecule has 114 valence electrons. The Bertz CT molecular complexity index is 420. The summed E-state index contributed by atoms with van der Waals surface area (Å²) in [6.45, 7) is 7.10. The third kappa shape index (κ3) is 2.81. The molecule has 2 atom stereocenters. The quantitative estimate of drug-likeness (QED) is 0.892. The molecule has 1 aliphatic heterocycles. The second-order valence-electron chi connectivity index (χ2n) is 5.98. The number of hydrogen-bond acceptors (Lipinski definition) is 3. The van der Waals surface area contributed by atoms with E-state index in [0.29, 0.717) is 0 Å². The van der Waals surface area contributed by atoms with Crippen LogP contribution in [0.3, 0.4) is 0 Å². The predicted octanol–water partition coefficient (Wildman–Crippen LogP) is 3.10. The molecule has 0 spiro atoms. The van der Waals surface area contributed by atoms with Gasteiger partial charge in [-0.15, -0.1) is 0 Å². The van der Waals surface area contributed by atoms with Crippen LogP contribution in [0.1, 0.15) is 51.3 Å². The van der Waals surface area contributed by atoms with E-state index in [-0.39, 0.29) is 11.6 Å². The maximum atomic E-state index is 4.39. The normalized spacial score (nSPS) is 21.6. The van der Waals surface area contributed by atoms with Gasteiger partial charge in [-0.2, -0.15) is 5.10 Å². The number of hydrogen-bond donors (Lipinski definition) is 1. The molecule has 0 bridgehead atoms. The second-order valence-corrected chi connectivity index (χ2v) is 6.84. The van der Waals surface area contributed by atoms with E-state index in [1.165, 1.54) is 38.0 Å². The van der Waals surface area contributed by atoms with Crippen LogP contribution in [0.25, 0.3) is 0 Å². The number of nitrogens with one attached hydrogen (secondary N) is 1. The van der Waals surface area contributed by atoms with Crippen molar-refractivity contribution >= 4 is 15.9 Å². The molecule has 5 heteroatoms. The Morgan fingerprint density at radius 2 is 2.05 bits per heavy atom. The summed E-state index contributed by atoms with van der Waals surface area (Å²) in [5.41, 5.74) is 1.35. The first-order valence-electron chi connectivity index (χ1n) is 7.64. The molecule has 2 heterocycles. The van der Waals surface area contributed by atoms with Crippen molar-refractivity contribution in [2.75, 3.05) is 20.1 Å². The van der Waals surface area contributed by atoms with Crippen LogP contribution in [0.4, 0.5) is 0 Å². The highest BCUT2D eigenvalue weighted by molar-refractivity contribution is 9.10. The molecule has 20 heavy (non-hydrogen) atoms. The lowest BCUT2D eigenvalue weighted by atomic mass is 9.83. The van der Waals surface area contributed by atoms with Crippen molar-refractivity contribution in [3.05, 3.63) is 16.4 Å². The zero-order chi connectivity index (χ0) is 14.8. The maximum Gasteiger partial charge on any atom is 0.0711 e.